The number of amides is 2. The first-order chi connectivity index (χ1) is 11.6. The van der Waals surface area contributed by atoms with Crippen molar-refractivity contribution in [3.8, 4) is 5.75 Å². The molecule has 1 saturated heterocycles. The molecule has 4 rings (SSSR count). The highest BCUT2D eigenvalue weighted by Gasteiger charge is 2.40. The molecule has 1 atom stereocenters. The van der Waals surface area contributed by atoms with Crippen LogP contribution in [-0.2, 0) is 16.0 Å². The summed E-state index contributed by atoms with van der Waals surface area (Å²) < 4.78 is 0. The van der Waals surface area contributed by atoms with Gasteiger partial charge < -0.3 is 14.9 Å². The molecule has 1 unspecified atom stereocenters. The molecule has 1 N–H and O–H groups in total. The summed E-state index contributed by atoms with van der Waals surface area (Å²) in [5.74, 6) is 0.569. The summed E-state index contributed by atoms with van der Waals surface area (Å²) in [6.45, 7) is 1.39. The van der Waals surface area contributed by atoms with Crippen LogP contribution in [0.2, 0.25) is 0 Å². The summed E-state index contributed by atoms with van der Waals surface area (Å²) in [5, 5.41) is 10.1. The minimum atomic E-state index is -0.116. The molecule has 0 spiro atoms. The monoisotopic (exact) mass is 328 g/mol. The third-order valence-electron chi connectivity index (χ3n) is 5.83. The standard InChI is InChI=1S/C19H24N2O3/c22-17-8-4-7-14-15(17)9-10-21-16(14)11-20(12-18(21)23)19(24)13-5-2-1-3-6-13/h4,7-8,13,16,22H,1-3,5-6,9-12H2. The Morgan fingerprint density at radius 3 is 2.75 bits per heavy atom. The number of carbonyl (C=O) groups excluding carboxylic acids is 2. The van der Waals surface area contributed by atoms with E-state index in [1.807, 2.05) is 17.0 Å². The highest BCUT2D eigenvalue weighted by Crippen LogP contribution is 2.37. The second-order valence-electron chi connectivity index (χ2n) is 7.25. The number of nitrogens with zero attached hydrogens (tertiary/aromatic N) is 2. The summed E-state index contributed by atoms with van der Waals surface area (Å²) in [4.78, 5) is 29.1. The van der Waals surface area contributed by atoms with Crippen LogP contribution in [0.1, 0.15) is 49.3 Å². The summed E-state index contributed by atoms with van der Waals surface area (Å²) >= 11 is 0. The number of fused-ring (bicyclic) bond motifs is 3. The highest BCUT2D eigenvalue weighted by atomic mass is 16.3. The maximum Gasteiger partial charge on any atom is 0.242 e. The summed E-state index contributed by atoms with van der Waals surface area (Å²) in [6.07, 6.45) is 6.03. The molecule has 1 saturated carbocycles. The van der Waals surface area contributed by atoms with Crippen LogP contribution in [0.4, 0.5) is 0 Å². The van der Waals surface area contributed by atoms with Crippen molar-refractivity contribution in [1.29, 1.82) is 0 Å². The van der Waals surface area contributed by atoms with Crippen molar-refractivity contribution < 1.29 is 14.7 Å². The summed E-state index contributed by atoms with van der Waals surface area (Å²) in [5.41, 5.74) is 1.93. The van der Waals surface area contributed by atoms with E-state index in [0.717, 1.165) is 36.8 Å². The van der Waals surface area contributed by atoms with Crippen molar-refractivity contribution in [3.05, 3.63) is 29.3 Å². The lowest BCUT2D eigenvalue weighted by Gasteiger charge is -2.45. The molecule has 2 aliphatic heterocycles. The van der Waals surface area contributed by atoms with Crippen LogP contribution in [0, 0.1) is 5.92 Å². The zero-order valence-corrected chi connectivity index (χ0v) is 13.9. The molecule has 1 aromatic carbocycles. The van der Waals surface area contributed by atoms with E-state index in [2.05, 4.69) is 0 Å². The molecule has 0 bridgehead atoms. The van der Waals surface area contributed by atoms with Crippen LogP contribution in [-0.4, -0.2) is 46.4 Å². The largest absolute Gasteiger partial charge is 0.508 e. The van der Waals surface area contributed by atoms with Gasteiger partial charge in [-0.2, -0.15) is 0 Å². The second-order valence-corrected chi connectivity index (χ2v) is 7.25. The van der Waals surface area contributed by atoms with Crippen LogP contribution in [0.25, 0.3) is 0 Å². The first-order valence-corrected chi connectivity index (χ1v) is 9.04. The molecular formula is C19H24N2O3. The number of rotatable bonds is 1. The number of hydrogen-bond donors (Lipinski definition) is 1. The second kappa shape index (κ2) is 6.11. The Morgan fingerprint density at radius 1 is 1.17 bits per heavy atom. The zero-order valence-electron chi connectivity index (χ0n) is 13.9. The molecule has 1 aliphatic carbocycles. The predicted molar refractivity (Wildman–Crippen MR) is 89.4 cm³/mol. The maximum atomic E-state index is 12.9. The molecule has 128 valence electrons. The number of phenolic OH excluding ortho intramolecular Hbond substituents is 1. The molecule has 1 aromatic rings. The van der Waals surface area contributed by atoms with Gasteiger partial charge in [0.05, 0.1) is 12.6 Å². The van der Waals surface area contributed by atoms with Gasteiger partial charge in [-0.1, -0.05) is 31.4 Å². The third-order valence-corrected chi connectivity index (χ3v) is 5.83. The van der Waals surface area contributed by atoms with Gasteiger partial charge >= 0.3 is 0 Å². The van der Waals surface area contributed by atoms with Crippen molar-refractivity contribution in [2.75, 3.05) is 19.6 Å². The minimum Gasteiger partial charge on any atom is -0.508 e. The quantitative estimate of drug-likeness (QED) is 0.860. The van der Waals surface area contributed by atoms with E-state index in [0.29, 0.717) is 25.3 Å². The van der Waals surface area contributed by atoms with Crippen LogP contribution in [0.3, 0.4) is 0 Å². The number of phenols is 1. The van der Waals surface area contributed by atoms with Crippen molar-refractivity contribution in [2.45, 2.75) is 44.6 Å². The molecule has 0 radical (unpaired) electrons. The molecule has 2 fully saturated rings. The first-order valence-electron chi connectivity index (χ1n) is 9.04. The molecule has 2 heterocycles. The Morgan fingerprint density at radius 2 is 1.96 bits per heavy atom. The zero-order chi connectivity index (χ0) is 16.7. The lowest BCUT2D eigenvalue weighted by atomic mass is 9.86. The molecule has 0 aromatic heterocycles. The lowest BCUT2D eigenvalue weighted by Crippen LogP contribution is -2.56. The topological polar surface area (TPSA) is 60.9 Å². The minimum absolute atomic E-state index is 0.0319. The highest BCUT2D eigenvalue weighted by molar-refractivity contribution is 5.88. The van der Waals surface area contributed by atoms with Gasteiger partial charge in [0.1, 0.15) is 5.75 Å². The SMILES string of the molecule is O=C(C1CCCCC1)N1CC(=O)N2CCc3c(O)cccc3C2C1. The fourth-order valence-corrected chi connectivity index (χ4v) is 4.53. The fraction of sp³-hybridized carbons (Fsp3) is 0.579. The molecular weight excluding hydrogens is 304 g/mol. The van der Waals surface area contributed by atoms with Gasteiger partial charge in [0.25, 0.3) is 0 Å². The Hall–Kier alpha value is -2.04. The van der Waals surface area contributed by atoms with Crippen molar-refractivity contribution >= 4 is 11.8 Å². The third kappa shape index (κ3) is 2.56. The van der Waals surface area contributed by atoms with E-state index in [1.54, 1.807) is 11.0 Å². The van der Waals surface area contributed by atoms with Crippen LogP contribution < -0.4 is 0 Å². The van der Waals surface area contributed by atoms with Gasteiger partial charge in [-0.25, -0.2) is 0 Å². The Bertz CT molecular complexity index is 667. The summed E-state index contributed by atoms with van der Waals surface area (Å²) in [7, 11) is 0. The van der Waals surface area contributed by atoms with Gasteiger partial charge in [0.15, 0.2) is 0 Å². The van der Waals surface area contributed by atoms with Gasteiger partial charge in [-0.15, -0.1) is 0 Å². The summed E-state index contributed by atoms with van der Waals surface area (Å²) in [6, 6.07) is 5.39. The number of benzene rings is 1. The average molecular weight is 328 g/mol. The Balaban J connectivity index is 1.59. The van der Waals surface area contributed by atoms with E-state index in [-0.39, 0.29) is 30.3 Å². The van der Waals surface area contributed by atoms with E-state index in [9.17, 15) is 14.7 Å². The molecule has 5 nitrogen and oxygen atoms in total. The van der Waals surface area contributed by atoms with E-state index >= 15 is 0 Å². The molecule has 3 aliphatic rings. The normalized spacial score (nSPS) is 24.5. The number of aromatic hydroxyl groups is 1. The maximum absolute atomic E-state index is 12.9. The van der Waals surface area contributed by atoms with E-state index < -0.39 is 0 Å². The number of carbonyl (C=O) groups is 2. The molecule has 24 heavy (non-hydrogen) atoms. The Kier molecular flexibility index (Phi) is 3.94. The van der Waals surface area contributed by atoms with Gasteiger partial charge in [0.2, 0.25) is 11.8 Å². The molecule has 2 amide bonds. The van der Waals surface area contributed by atoms with Gasteiger partial charge in [-0.3, -0.25) is 9.59 Å². The first kappa shape index (κ1) is 15.5. The average Bonchev–Trinajstić information content (AvgIpc) is 2.62. The number of piperazine rings is 1. The van der Waals surface area contributed by atoms with E-state index in [1.165, 1.54) is 6.42 Å². The van der Waals surface area contributed by atoms with Crippen LogP contribution in [0.5, 0.6) is 5.75 Å². The van der Waals surface area contributed by atoms with E-state index in [4.69, 9.17) is 0 Å². The van der Waals surface area contributed by atoms with Crippen molar-refractivity contribution in [2.24, 2.45) is 5.92 Å². The number of hydrogen-bond acceptors (Lipinski definition) is 3. The smallest absolute Gasteiger partial charge is 0.242 e. The van der Waals surface area contributed by atoms with Gasteiger partial charge in [0, 0.05) is 24.6 Å². The van der Waals surface area contributed by atoms with Crippen LogP contribution in [0.15, 0.2) is 18.2 Å². The molecule has 5 heteroatoms. The Labute approximate surface area is 142 Å². The lowest BCUT2D eigenvalue weighted by molar-refractivity contribution is -0.152. The van der Waals surface area contributed by atoms with Gasteiger partial charge in [-0.05, 0) is 30.9 Å². The predicted octanol–water partition coefficient (Wildman–Crippen LogP) is 2.24. The van der Waals surface area contributed by atoms with Crippen LogP contribution >= 0.6 is 0 Å². The fourth-order valence-electron chi connectivity index (χ4n) is 4.53. The van der Waals surface area contributed by atoms with Crippen molar-refractivity contribution in [1.82, 2.24) is 9.80 Å². The van der Waals surface area contributed by atoms with Crippen molar-refractivity contribution in [3.63, 3.8) is 0 Å².